The molecule has 13 heteroatoms. The van der Waals surface area contributed by atoms with Crippen LogP contribution < -0.4 is 10.1 Å². The molecule has 0 aliphatic carbocycles. The average molecular weight is 471 g/mol. The number of halogens is 5. The molecule has 2 aromatic heterocycles. The van der Waals surface area contributed by atoms with Gasteiger partial charge >= 0.3 is 12.8 Å². The van der Waals surface area contributed by atoms with E-state index in [0.29, 0.717) is 11.3 Å². The van der Waals surface area contributed by atoms with Gasteiger partial charge in [0.15, 0.2) is 5.72 Å². The van der Waals surface area contributed by atoms with Crippen LogP contribution in [0.4, 0.5) is 27.8 Å². The molecule has 0 radical (unpaired) electrons. The van der Waals surface area contributed by atoms with Gasteiger partial charge in [-0.3, -0.25) is 4.90 Å². The molecule has 176 valence electrons. The van der Waals surface area contributed by atoms with E-state index in [-0.39, 0.29) is 36.5 Å². The summed E-state index contributed by atoms with van der Waals surface area (Å²) in [5.74, 6) is 0.344. The van der Waals surface area contributed by atoms with Gasteiger partial charge in [-0.25, -0.2) is 9.97 Å². The molecule has 5 rings (SSSR count). The van der Waals surface area contributed by atoms with E-state index in [0.717, 1.165) is 12.4 Å². The van der Waals surface area contributed by atoms with E-state index in [1.54, 1.807) is 29.2 Å². The Morgan fingerprint density at radius 1 is 1.24 bits per heavy atom. The Hall–Kier alpha value is -3.03. The second-order valence-corrected chi connectivity index (χ2v) is 7.85. The topological polar surface area (TPSA) is 95.5 Å². The normalized spacial score (nSPS) is 23.9. The van der Waals surface area contributed by atoms with Crippen molar-refractivity contribution in [3.63, 3.8) is 0 Å². The lowest BCUT2D eigenvalue weighted by Gasteiger charge is -2.51. The SMILES string of the molecule is OC1(Nc2ncnc3[nH]c(C(F)(F)F)cc23)c2ccccc2OC[C@@H]1N1CC(OC(F)F)C1. The van der Waals surface area contributed by atoms with Crippen LogP contribution in [0, 0.1) is 0 Å². The lowest BCUT2D eigenvalue weighted by molar-refractivity contribution is -0.213. The first-order chi connectivity index (χ1) is 15.6. The van der Waals surface area contributed by atoms with Crippen LogP contribution in [-0.4, -0.2) is 63.4 Å². The zero-order valence-electron chi connectivity index (χ0n) is 16.8. The molecule has 1 aromatic carbocycles. The average Bonchev–Trinajstić information content (AvgIpc) is 3.17. The highest BCUT2D eigenvalue weighted by Gasteiger charge is 2.51. The summed E-state index contributed by atoms with van der Waals surface area (Å²) in [7, 11) is 0. The number of likely N-dealkylation sites (tertiary alicyclic amines) is 1. The Morgan fingerprint density at radius 2 is 2.00 bits per heavy atom. The van der Waals surface area contributed by atoms with Crippen LogP contribution in [0.15, 0.2) is 36.7 Å². The number of anilines is 1. The van der Waals surface area contributed by atoms with E-state index < -0.39 is 36.4 Å². The number of aromatic nitrogens is 3. The lowest BCUT2D eigenvalue weighted by atomic mass is 9.88. The highest BCUT2D eigenvalue weighted by Crippen LogP contribution is 2.42. The van der Waals surface area contributed by atoms with Crippen molar-refractivity contribution >= 4 is 16.9 Å². The predicted molar refractivity (Wildman–Crippen MR) is 105 cm³/mol. The Bertz CT molecular complexity index is 1170. The monoisotopic (exact) mass is 471 g/mol. The van der Waals surface area contributed by atoms with E-state index in [4.69, 9.17) is 4.74 Å². The van der Waals surface area contributed by atoms with Crippen molar-refractivity contribution in [1.29, 1.82) is 0 Å². The third-order valence-electron chi connectivity index (χ3n) is 5.83. The maximum atomic E-state index is 13.2. The van der Waals surface area contributed by atoms with Gasteiger partial charge in [0, 0.05) is 18.7 Å². The quantitative estimate of drug-likeness (QED) is 0.389. The number of ether oxygens (including phenoxy) is 2. The minimum Gasteiger partial charge on any atom is -0.491 e. The number of hydrogen-bond acceptors (Lipinski definition) is 7. The standard InChI is InChI=1S/C20H18F5N5O3/c21-18(22)33-10-6-30(7-10)15-8-32-13-4-2-1-3-12(13)19(15,31)29-17-11-5-14(20(23,24)25)28-16(11)26-9-27-17/h1-5,9-10,15,18,31H,6-8H2,(H2,26,27,28,29)/t15-,19?/m0/s1. The molecule has 33 heavy (non-hydrogen) atoms. The van der Waals surface area contributed by atoms with Crippen molar-refractivity contribution in [2.24, 2.45) is 0 Å². The number of nitrogens with zero attached hydrogens (tertiary/aromatic N) is 3. The van der Waals surface area contributed by atoms with Gasteiger partial charge in [-0.05, 0) is 12.1 Å². The molecular weight excluding hydrogens is 453 g/mol. The number of alkyl halides is 5. The summed E-state index contributed by atoms with van der Waals surface area (Å²) in [4.78, 5) is 11.8. The third kappa shape index (κ3) is 3.85. The molecule has 8 nitrogen and oxygen atoms in total. The number of aromatic amines is 1. The first-order valence-corrected chi connectivity index (χ1v) is 9.96. The predicted octanol–water partition coefficient (Wildman–Crippen LogP) is 2.92. The number of rotatable bonds is 5. The second-order valence-electron chi connectivity index (χ2n) is 7.85. The smallest absolute Gasteiger partial charge is 0.431 e. The van der Waals surface area contributed by atoms with E-state index in [9.17, 15) is 27.1 Å². The third-order valence-corrected chi connectivity index (χ3v) is 5.83. The molecule has 4 heterocycles. The van der Waals surface area contributed by atoms with Crippen molar-refractivity contribution in [3.8, 4) is 5.75 Å². The summed E-state index contributed by atoms with van der Waals surface area (Å²) in [5, 5.41) is 14.8. The van der Waals surface area contributed by atoms with Crippen LogP contribution in [0.3, 0.4) is 0 Å². The molecule has 2 atom stereocenters. The first kappa shape index (κ1) is 21.8. The van der Waals surface area contributed by atoms with E-state index in [2.05, 4.69) is 25.0 Å². The molecular formula is C20H18F5N5O3. The van der Waals surface area contributed by atoms with Crippen molar-refractivity contribution in [3.05, 3.63) is 47.9 Å². The Morgan fingerprint density at radius 3 is 2.73 bits per heavy atom. The molecule has 0 bridgehead atoms. The van der Waals surface area contributed by atoms with Crippen LogP contribution in [0.2, 0.25) is 0 Å². The van der Waals surface area contributed by atoms with Crippen LogP contribution in [-0.2, 0) is 16.6 Å². The summed E-state index contributed by atoms with van der Waals surface area (Å²) in [6, 6.07) is 6.72. The van der Waals surface area contributed by atoms with Crippen LogP contribution in [0.25, 0.3) is 11.0 Å². The van der Waals surface area contributed by atoms with Gasteiger partial charge in [0.2, 0.25) is 0 Å². The number of hydrogen-bond donors (Lipinski definition) is 3. The van der Waals surface area contributed by atoms with Gasteiger partial charge in [0.05, 0.1) is 17.5 Å². The number of benzene rings is 1. The van der Waals surface area contributed by atoms with Gasteiger partial charge in [-0.15, -0.1) is 0 Å². The molecule has 0 saturated carbocycles. The molecule has 0 spiro atoms. The molecule has 0 amide bonds. The largest absolute Gasteiger partial charge is 0.491 e. The molecule has 2 aliphatic rings. The minimum atomic E-state index is -4.62. The Balaban J connectivity index is 1.52. The summed E-state index contributed by atoms with van der Waals surface area (Å²) in [6.07, 6.45) is -4.27. The van der Waals surface area contributed by atoms with Crippen LogP contribution in [0.1, 0.15) is 11.3 Å². The number of para-hydroxylation sites is 1. The molecule has 1 unspecified atom stereocenters. The second kappa shape index (κ2) is 7.78. The summed E-state index contributed by atoms with van der Waals surface area (Å²) in [6.45, 7) is -2.68. The fourth-order valence-corrected chi connectivity index (χ4v) is 4.22. The molecule has 2 aliphatic heterocycles. The van der Waals surface area contributed by atoms with Gasteiger partial charge in [-0.2, -0.15) is 22.0 Å². The van der Waals surface area contributed by atoms with E-state index in [1.807, 2.05) is 0 Å². The summed E-state index contributed by atoms with van der Waals surface area (Å²) < 4.78 is 74.9. The zero-order chi connectivity index (χ0) is 23.4. The van der Waals surface area contributed by atoms with Gasteiger partial charge in [-0.1, -0.05) is 18.2 Å². The number of fused-ring (bicyclic) bond motifs is 2. The highest BCUT2D eigenvalue weighted by atomic mass is 19.4. The van der Waals surface area contributed by atoms with Crippen LogP contribution >= 0.6 is 0 Å². The maximum absolute atomic E-state index is 13.2. The van der Waals surface area contributed by atoms with Gasteiger partial charge < -0.3 is 24.9 Å². The van der Waals surface area contributed by atoms with E-state index in [1.165, 1.54) is 0 Å². The number of aliphatic hydroxyl groups is 1. The van der Waals surface area contributed by atoms with Crippen molar-refractivity contribution in [2.75, 3.05) is 25.0 Å². The van der Waals surface area contributed by atoms with Gasteiger partial charge in [0.25, 0.3) is 0 Å². The van der Waals surface area contributed by atoms with Crippen molar-refractivity contribution in [2.45, 2.75) is 30.7 Å². The minimum absolute atomic E-state index is 0.00290. The Labute approximate surface area is 183 Å². The fraction of sp³-hybridized carbons (Fsp3) is 0.400. The zero-order valence-corrected chi connectivity index (χ0v) is 16.8. The first-order valence-electron chi connectivity index (χ1n) is 9.96. The molecule has 1 saturated heterocycles. The molecule has 1 fully saturated rings. The van der Waals surface area contributed by atoms with Gasteiger partial charge in [0.1, 0.15) is 35.8 Å². The van der Waals surface area contributed by atoms with Crippen LogP contribution in [0.5, 0.6) is 5.75 Å². The molecule has 3 N–H and O–H groups in total. The molecule has 3 aromatic rings. The number of nitrogens with one attached hydrogen (secondary N) is 2. The summed E-state index contributed by atoms with van der Waals surface area (Å²) >= 11 is 0. The maximum Gasteiger partial charge on any atom is 0.431 e. The Kier molecular flexibility index (Phi) is 5.14. The highest BCUT2D eigenvalue weighted by molar-refractivity contribution is 5.88. The van der Waals surface area contributed by atoms with Crippen molar-refractivity contribution < 1.29 is 36.5 Å². The lowest BCUT2D eigenvalue weighted by Crippen LogP contribution is -2.67. The summed E-state index contributed by atoms with van der Waals surface area (Å²) in [5.41, 5.74) is -2.60. The number of H-pyrrole nitrogens is 1. The van der Waals surface area contributed by atoms with E-state index >= 15 is 0 Å². The van der Waals surface area contributed by atoms with Crippen molar-refractivity contribution in [1.82, 2.24) is 19.9 Å². The fourth-order valence-electron chi connectivity index (χ4n) is 4.22.